The average Bonchev–Trinajstić information content (AvgIpc) is 2.78. The standard InChI is InChI=1S/C27H17F4P/c1-32(26-21(28)12-6-13-22(26)29,27-23(30)14-7-15-24(27)31)25-16-17-8-2-3-9-18(17)19-10-4-5-11-20(19)25/h2-16H,1H2. The normalized spacial score (nSPS) is 11.9. The second-order valence-electron chi connectivity index (χ2n) is 7.61. The van der Waals surface area contributed by atoms with Gasteiger partial charge >= 0.3 is 0 Å². The lowest BCUT2D eigenvalue weighted by atomic mass is 10.0. The molecule has 0 aliphatic heterocycles. The minimum atomic E-state index is -3.68. The molecule has 0 nitrogen and oxygen atoms in total. The number of benzene rings is 5. The summed E-state index contributed by atoms with van der Waals surface area (Å²) in [6.45, 7) is -3.68. The number of halogens is 4. The topological polar surface area (TPSA) is 0 Å². The fraction of sp³-hybridized carbons (Fsp3) is 0. The van der Waals surface area contributed by atoms with E-state index in [1.54, 1.807) is 18.2 Å². The second kappa shape index (κ2) is 7.65. The molecule has 0 fully saturated rings. The Hall–Kier alpha value is -3.36. The summed E-state index contributed by atoms with van der Waals surface area (Å²) in [5.74, 6) is -3.53. The number of rotatable bonds is 3. The molecule has 0 aliphatic carbocycles. The van der Waals surface area contributed by atoms with Gasteiger partial charge in [-0.25, -0.2) is 17.6 Å². The largest absolute Gasteiger partial charge is 0.206 e. The van der Waals surface area contributed by atoms with Crippen molar-refractivity contribution in [2.75, 3.05) is 0 Å². The maximum atomic E-state index is 15.2. The molecule has 0 heterocycles. The van der Waals surface area contributed by atoms with E-state index < -0.39 is 40.8 Å². The first-order valence-corrected chi connectivity index (χ1v) is 11.9. The van der Waals surface area contributed by atoms with Crippen molar-refractivity contribution in [3.8, 4) is 0 Å². The third kappa shape index (κ3) is 2.98. The highest BCUT2D eigenvalue weighted by molar-refractivity contribution is 7.93. The smallest absolute Gasteiger partial charge is 0.134 e. The Labute approximate surface area is 182 Å². The Kier molecular flexibility index (Phi) is 4.91. The average molecular weight is 448 g/mol. The van der Waals surface area contributed by atoms with Crippen LogP contribution in [0, 0.1) is 23.3 Å². The summed E-state index contributed by atoms with van der Waals surface area (Å²) in [4.78, 5) is 0. The molecule has 0 amide bonds. The van der Waals surface area contributed by atoms with Gasteiger partial charge < -0.3 is 0 Å². The van der Waals surface area contributed by atoms with Gasteiger partial charge in [0, 0.05) is 0 Å². The Morgan fingerprint density at radius 3 is 1.47 bits per heavy atom. The van der Waals surface area contributed by atoms with Gasteiger partial charge in [-0.05, 0) is 64.1 Å². The van der Waals surface area contributed by atoms with Crippen molar-refractivity contribution in [1.82, 2.24) is 0 Å². The van der Waals surface area contributed by atoms with E-state index in [9.17, 15) is 0 Å². The predicted molar refractivity (Wildman–Crippen MR) is 127 cm³/mol. The fourth-order valence-electron chi connectivity index (χ4n) is 4.41. The van der Waals surface area contributed by atoms with Crippen molar-refractivity contribution in [2.45, 2.75) is 0 Å². The summed E-state index contributed by atoms with van der Waals surface area (Å²) in [6, 6.07) is 23.5. The molecule has 0 saturated heterocycles. The Morgan fingerprint density at radius 1 is 0.500 bits per heavy atom. The van der Waals surface area contributed by atoms with Crippen molar-refractivity contribution < 1.29 is 17.6 Å². The van der Waals surface area contributed by atoms with Crippen LogP contribution in [0.3, 0.4) is 0 Å². The zero-order valence-corrected chi connectivity index (χ0v) is 17.7. The van der Waals surface area contributed by atoms with Gasteiger partial charge in [-0.15, -0.1) is 0 Å². The molecular formula is C27H17F4P. The molecule has 0 radical (unpaired) electrons. The number of hydrogen-bond acceptors (Lipinski definition) is 0. The SMILES string of the molecule is C=P(c1c(F)cccc1F)(c1c(F)cccc1F)c1cc2ccccc2c2ccccc12. The molecule has 0 unspecified atom stereocenters. The van der Waals surface area contributed by atoms with Crippen LogP contribution in [-0.4, -0.2) is 6.30 Å². The zero-order valence-electron chi connectivity index (χ0n) is 16.8. The van der Waals surface area contributed by atoms with Gasteiger partial charge in [0.25, 0.3) is 0 Å². The quantitative estimate of drug-likeness (QED) is 0.173. The van der Waals surface area contributed by atoms with Crippen LogP contribution in [-0.2, 0) is 0 Å². The molecule has 5 aromatic carbocycles. The van der Waals surface area contributed by atoms with Crippen LogP contribution in [0.15, 0.2) is 91.0 Å². The summed E-state index contributed by atoms with van der Waals surface area (Å²) >= 11 is 0. The van der Waals surface area contributed by atoms with Crippen molar-refractivity contribution in [3.63, 3.8) is 0 Å². The first kappa shape index (κ1) is 20.5. The van der Waals surface area contributed by atoms with Crippen molar-refractivity contribution >= 4 is 50.6 Å². The summed E-state index contributed by atoms with van der Waals surface area (Å²) in [5, 5.41) is 2.82. The lowest BCUT2D eigenvalue weighted by molar-refractivity contribution is 0.595. The molecule has 5 rings (SSSR count). The zero-order chi connectivity index (χ0) is 22.5. The second-order valence-corrected chi connectivity index (χ2v) is 10.6. The van der Waals surface area contributed by atoms with Crippen LogP contribution in [0.5, 0.6) is 0 Å². The number of hydrogen-bond donors (Lipinski definition) is 0. The summed E-state index contributed by atoms with van der Waals surface area (Å²) in [5.41, 5.74) is 0. The van der Waals surface area contributed by atoms with Crippen LogP contribution in [0.1, 0.15) is 0 Å². The highest BCUT2D eigenvalue weighted by Gasteiger charge is 2.34. The summed E-state index contributed by atoms with van der Waals surface area (Å²) in [6.07, 6.45) is 4.23. The van der Waals surface area contributed by atoms with E-state index in [1.807, 2.05) is 36.4 Å². The maximum Gasteiger partial charge on any atom is 0.134 e. The third-order valence-corrected chi connectivity index (χ3v) is 9.37. The van der Waals surface area contributed by atoms with Gasteiger partial charge in [-0.3, -0.25) is 0 Å². The lowest BCUT2D eigenvalue weighted by Crippen LogP contribution is -2.33. The number of fused-ring (bicyclic) bond motifs is 3. The molecule has 0 N–H and O–H groups in total. The summed E-state index contributed by atoms with van der Waals surface area (Å²) in [7, 11) is 0. The van der Waals surface area contributed by atoms with E-state index in [4.69, 9.17) is 0 Å². The monoisotopic (exact) mass is 448 g/mol. The third-order valence-electron chi connectivity index (χ3n) is 5.80. The van der Waals surface area contributed by atoms with E-state index in [0.717, 1.165) is 40.4 Å². The molecule has 0 spiro atoms. The fourth-order valence-corrected chi connectivity index (χ4v) is 7.84. The van der Waals surface area contributed by atoms with Gasteiger partial charge in [0.2, 0.25) is 0 Å². The van der Waals surface area contributed by atoms with Gasteiger partial charge in [0.05, 0.1) is 10.6 Å². The minimum Gasteiger partial charge on any atom is -0.206 e. The molecule has 5 aromatic rings. The van der Waals surface area contributed by atoms with Gasteiger partial charge in [-0.2, -0.15) is 0 Å². The van der Waals surface area contributed by atoms with Gasteiger partial charge in [0.1, 0.15) is 23.3 Å². The molecular weight excluding hydrogens is 431 g/mol. The first-order valence-electron chi connectivity index (χ1n) is 9.96. The van der Waals surface area contributed by atoms with Crippen molar-refractivity contribution in [2.24, 2.45) is 0 Å². The van der Waals surface area contributed by atoms with Crippen LogP contribution in [0.4, 0.5) is 17.6 Å². The Balaban J connectivity index is 2.04. The molecule has 158 valence electrons. The van der Waals surface area contributed by atoms with Crippen molar-refractivity contribution in [3.05, 3.63) is 114 Å². The highest BCUT2D eigenvalue weighted by atomic mass is 31.2. The van der Waals surface area contributed by atoms with E-state index in [1.165, 1.54) is 12.1 Å². The van der Waals surface area contributed by atoms with Crippen LogP contribution >= 0.6 is 6.89 Å². The maximum absolute atomic E-state index is 15.2. The highest BCUT2D eigenvalue weighted by Crippen LogP contribution is 2.47. The Bertz CT molecular complexity index is 1460. The molecule has 0 bridgehead atoms. The molecule has 0 atom stereocenters. The molecule has 0 saturated carbocycles. The van der Waals surface area contributed by atoms with Crippen LogP contribution in [0.2, 0.25) is 0 Å². The predicted octanol–water partition coefficient (Wildman–Crippen LogP) is 6.28. The summed E-state index contributed by atoms with van der Waals surface area (Å²) < 4.78 is 60.8. The Morgan fingerprint density at radius 2 is 0.938 bits per heavy atom. The minimum absolute atomic E-state index is 0.399. The molecule has 0 aliphatic rings. The van der Waals surface area contributed by atoms with E-state index in [-0.39, 0.29) is 0 Å². The molecule has 0 aromatic heterocycles. The van der Waals surface area contributed by atoms with E-state index >= 15 is 17.6 Å². The van der Waals surface area contributed by atoms with Gasteiger partial charge in [0.15, 0.2) is 0 Å². The molecule has 5 heteroatoms. The first-order chi connectivity index (χ1) is 15.4. The van der Waals surface area contributed by atoms with Crippen LogP contribution in [0.25, 0.3) is 21.5 Å². The lowest BCUT2D eigenvalue weighted by Gasteiger charge is -2.29. The van der Waals surface area contributed by atoms with Crippen molar-refractivity contribution in [1.29, 1.82) is 0 Å². The van der Waals surface area contributed by atoms with Crippen LogP contribution < -0.4 is 15.9 Å². The van der Waals surface area contributed by atoms with Gasteiger partial charge in [-0.1, -0.05) is 67.0 Å². The van der Waals surface area contributed by atoms with E-state index in [0.29, 0.717) is 10.7 Å². The molecule has 32 heavy (non-hydrogen) atoms. The van der Waals surface area contributed by atoms with E-state index in [2.05, 4.69) is 6.30 Å².